The maximum absolute atomic E-state index is 12.0. The molecule has 0 aromatic heterocycles. The van der Waals surface area contributed by atoms with Gasteiger partial charge in [-0.05, 0) is 44.7 Å². The molecule has 0 spiro atoms. The van der Waals surface area contributed by atoms with Crippen molar-refractivity contribution in [3.05, 3.63) is 35.4 Å². The predicted octanol–water partition coefficient (Wildman–Crippen LogP) is 2.51. The third kappa shape index (κ3) is 5.88. The van der Waals surface area contributed by atoms with E-state index in [2.05, 4.69) is 19.1 Å². The molecule has 2 N–H and O–H groups in total. The van der Waals surface area contributed by atoms with Crippen LogP contribution < -0.4 is 5.73 Å². The second-order valence-corrected chi connectivity index (χ2v) is 5.98. The molecular weight excluding hydrogens is 236 g/mol. The van der Waals surface area contributed by atoms with E-state index in [1.807, 2.05) is 33.0 Å². The molecule has 0 saturated heterocycles. The molecule has 19 heavy (non-hydrogen) atoms. The molecule has 1 amide bonds. The van der Waals surface area contributed by atoms with Crippen LogP contribution in [0.3, 0.4) is 0 Å². The summed E-state index contributed by atoms with van der Waals surface area (Å²) >= 11 is 0. The molecule has 0 aliphatic heterocycles. The van der Waals surface area contributed by atoms with Gasteiger partial charge in [-0.3, -0.25) is 4.79 Å². The lowest BCUT2D eigenvalue weighted by atomic mass is 9.99. The molecule has 0 fully saturated rings. The molecule has 3 nitrogen and oxygen atoms in total. The topological polar surface area (TPSA) is 46.3 Å². The number of nitrogens with two attached hydrogens (primary N) is 1. The van der Waals surface area contributed by atoms with Crippen LogP contribution in [0.1, 0.15) is 37.8 Å². The van der Waals surface area contributed by atoms with E-state index < -0.39 is 0 Å². The molecule has 0 aliphatic rings. The molecule has 0 heterocycles. The van der Waals surface area contributed by atoms with Crippen LogP contribution in [-0.2, 0) is 11.2 Å². The van der Waals surface area contributed by atoms with Crippen molar-refractivity contribution >= 4 is 5.91 Å². The fourth-order valence-electron chi connectivity index (χ4n) is 1.92. The van der Waals surface area contributed by atoms with Gasteiger partial charge in [0.1, 0.15) is 0 Å². The van der Waals surface area contributed by atoms with Crippen LogP contribution in [-0.4, -0.2) is 29.9 Å². The fraction of sp³-hybridized carbons (Fsp3) is 0.562. The molecule has 106 valence electrons. The zero-order valence-electron chi connectivity index (χ0n) is 12.6. The highest BCUT2D eigenvalue weighted by Crippen LogP contribution is 2.11. The van der Waals surface area contributed by atoms with Crippen molar-refractivity contribution in [1.82, 2.24) is 4.90 Å². The number of carbonyl (C=O) groups is 1. The number of amides is 1. The summed E-state index contributed by atoms with van der Waals surface area (Å²) in [6, 6.07) is 8.31. The largest absolute Gasteiger partial charge is 0.345 e. The van der Waals surface area contributed by atoms with Gasteiger partial charge in [-0.1, -0.05) is 24.3 Å². The number of rotatable bonds is 6. The molecule has 1 rings (SSSR count). The minimum atomic E-state index is -0.271. The summed E-state index contributed by atoms with van der Waals surface area (Å²) < 4.78 is 0. The lowest BCUT2D eigenvalue weighted by Gasteiger charge is -2.22. The summed E-state index contributed by atoms with van der Waals surface area (Å²) in [4.78, 5) is 13.8. The Balaban J connectivity index is 2.41. The number of aryl methyl sites for hydroxylation is 1. The zero-order valence-corrected chi connectivity index (χ0v) is 12.6. The average Bonchev–Trinajstić information content (AvgIpc) is 2.33. The van der Waals surface area contributed by atoms with Crippen molar-refractivity contribution in [2.24, 2.45) is 5.73 Å². The van der Waals surface area contributed by atoms with E-state index in [9.17, 15) is 4.79 Å². The fourth-order valence-corrected chi connectivity index (χ4v) is 1.92. The first-order chi connectivity index (χ1) is 8.79. The maximum Gasteiger partial charge on any atom is 0.222 e. The Morgan fingerprint density at radius 2 is 1.95 bits per heavy atom. The Labute approximate surface area is 116 Å². The molecule has 0 atom stereocenters. The second kappa shape index (κ2) is 6.71. The van der Waals surface area contributed by atoms with Gasteiger partial charge in [0, 0.05) is 25.6 Å². The lowest BCUT2D eigenvalue weighted by Crippen LogP contribution is -2.35. The maximum atomic E-state index is 12.0. The highest BCUT2D eigenvalue weighted by molar-refractivity contribution is 5.75. The third-order valence-electron chi connectivity index (χ3n) is 3.39. The normalized spacial score (nSPS) is 11.4. The van der Waals surface area contributed by atoms with Gasteiger partial charge < -0.3 is 10.6 Å². The molecule has 0 bridgehead atoms. The quantitative estimate of drug-likeness (QED) is 0.856. The van der Waals surface area contributed by atoms with Crippen molar-refractivity contribution in [3.8, 4) is 0 Å². The average molecular weight is 262 g/mol. The molecule has 1 aromatic rings. The highest BCUT2D eigenvalue weighted by atomic mass is 16.2. The first kappa shape index (κ1) is 15.7. The van der Waals surface area contributed by atoms with Crippen LogP contribution in [0.5, 0.6) is 0 Å². The highest BCUT2D eigenvalue weighted by Gasteiger charge is 2.15. The van der Waals surface area contributed by atoms with E-state index >= 15 is 0 Å². The van der Waals surface area contributed by atoms with E-state index in [0.29, 0.717) is 6.42 Å². The molecular formula is C16H26N2O. The Morgan fingerprint density at radius 1 is 1.32 bits per heavy atom. The van der Waals surface area contributed by atoms with Gasteiger partial charge in [-0.15, -0.1) is 0 Å². The summed E-state index contributed by atoms with van der Waals surface area (Å²) in [5.41, 5.74) is 8.22. The first-order valence-corrected chi connectivity index (χ1v) is 6.87. The number of hydrogen-bond donors (Lipinski definition) is 1. The number of carbonyl (C=O) groups excluding carboxylic acids is 1. The van der Waals surface area contributed by atoms with Crippen LogP contribution in [0.4, 0.5) is 0 Å². The van der Waals surface area contributed by atoms with E-state index in [4.69, 9.17) is 5.73 Å². The van der Waals surface area contributed by atoms with Gasteiger partial charge in [0.2, 0.25) is 5.91 Å². The smallest absolute Gasteiger partial charge is 0.222 e. The summed E-state index contributed by atoms with van der Waals surface area (Å²) in [5, 5.41) is 0. The van der Waals surface area contributed by atoms with Crippen LogP contribution >= 0.6 is 0 Å². The molecule has 0 radical (unpaired) electrons. The van der Waals surface area contributed by atoms with Crippen molar-refractivity contribution in [2.75, 3.05) is 13.6 Å². The third-order valence-corrected chi connectivity index (χ3v) is 3.39. The number of nitrogens with zero attached hydrogens (tertiary/aromatic N) is 1. The van der Waals surface area contributed by atoms with Crippen LogP contribution in [0.15, 0.2) is 24.3 Å². The van der Waals surface area contributed by atoms with Gasteiger partial charge in [0.25, 0.3) is 0 Å². The minimum absolute atomic E-state index is 0.173. The van der Waals surface area contributed by atoms with Crippen molar-refractivity contribution < 1.29 is 4.79 Å². The van der Waals surface area contributed by atoms with Crippen LogP contribution in [0, 0.1) is 6.92 Å². The number of benzene rings is 1. The van der Waals surface area contributed by atoms with Gasteiger partial charge in [-0.25, -0.2) is 0 Å². The summed E-state index contributed by atoms with van der Waals surface area (Å²) in [6.07, 6.45) is 2.15. The Bertz CT molecular complexity index is 421. The van der Waals surface area contributed by atoms with Crippen LogP contribution in [0.25, 0.3) is 0 Å². The standard InChI is InChI=1S/C16H26N2O/c1-13-7-5-6-8-14(13)10-12-18(4)15(19)9-11-16(2,3)17/h5-8H,9-12,17H2,1-4H3. The van der Waals surface area contributed by atoms with Gasteiger partial charge in [0.05, 0.1) is 0 Å². The van der Waals surface area contributed by atoms with E-state index in [1.165, 1.54) is 11.1 Å². The lowest BCUT2D eigenvalue weighted by molar-refractivity contribution is -0.130. The number of hydrogen-bond acceptors (Lipinski definition) is 2. The molecule has 1 aromatic carbocycles. The van der Waals surface area contributed by atoms with Crippen molar-refractivity contribution in [2.45, 2.75) is 45.6 Å². The monoisotopic (exact) mass is 262 g/mol. The van der Waals surface area contributed by atoms with E-state index in [0.717, 1.165) is 19.4 Å². The zero-order chi connectivity index (χ0) is 14.5. The Hall–Kier alpha value is -1.35. The Kier molecular flexibility index (Phi) is 5.55. The summed E-state index contributed by atoms with van der Waals surface area (Å²) in [6.45, 7) is 6.77. The van der Waals surface area contributed by atoms with E-state index in [-0.39, 0.29) is 11.4 Å². The molecule has 0 saturated carbocycles. The van der Waals surface area contributed by atoms with Gasteiger partial charge >= 0.3 is 0 Å². The predicted molar refractivity (Wildman–Crippen MR) is 80.0 cm³/mol. The SMILES string of the molecule is Cc1ccccc1CCN(C)C(=O)CCC(C)(C)N. The van der Waals surface area contributed by atoms with Crippen LogP contribution in [0.2, 0.25) is 0 Å². The molecule has 0 aliphatic carbocycles. The van der Waals surface area contributed by atoms with Crippen molar-refractivity contribution in [3.63, 3.8) is 0 Å². The number of likely N-dealkylation sites (N-methyl/N-ethyl adjacent to an activating group) is 1. The molecule has 0 unspecified atom stereocenters. The summed E-state index contributed by atoms with van der Waals surface area (Å²) in [5.74, 6) is 0.173. The van der Waals surface area contributed by atoms with Gasteiger partial charge in [0.15, 0.2) is 0 Å². The van der Waals surface area contributed by atoms with Crippen molar-refractivity contribution in [1.29, 1.82) is 0 Å². The Morgan fingerprint density at radius 3 is 2.53 bits per heavy atom. The van der Waals surface area contributed by atoms with E-state index in [1.54, 1.807) is 4.90 Å². The second-order valence-electron chi connectivity index (χ2n) is 5.98. The summed E-state index contributed by atoms with van der Waals surface area (Å²) in [7, 11) is 1.87. The first-order valence-electron chi connectivity index (χ1n) is 6.87. The minimum Gasteiger partial charge on any atom is -0.345 e. The van der Waals surface area contributed by atoms with Gasteiger partial charge in [-0.2, -0.15) is 0 Å². The molecule has 3 heteroatoms.